The molecule has 2 aromatic carbocycles. The first-order valence-electron chi connectivity index (χ1n) is 6.02. The van der Waals surface area contributed by atoms with Crippen molar-refractivity contribution in [3.63, 3.8) is 0 Å². The van der Waals surface area contributed by atoms with Crippen molar-refractivity contribution < 1.29 is 14.6 Å². The predicted molar refractivity (Wildman–Crippen MR) is 75.2 cm³/mol. The van der Waals surface area contributed by atoms with Crippen molar-refractivity contribution in [1.82, 2.24) is 0 Å². The molecule has 98 valence electrons. The standard InChI is InChI=1S/C15H14O3S/c1-17-12-6-7-15-13(8-12)18-14(9-19-15)10-2-4-11(16)5-3-10/h2-8,14,16H,9H2,1H3. The average molecular weight is 274 g/mol. The van der Waals surface area contributed by atoms with Crippen LogP contribution in [0.3, 0.4) is 0 Å². The van der Waals surface area contributed by atoms with E-state index >= 15 is 0 Å². The van der Waals surface area contributed by atoms with Gasteiger partial charge in [0, 0.05) is 16.7 Å². The fraction of sp³-hybridized carbons (Fsp3) is 0.200. The van der Waals surface area contributed by atoms with Gasteiger partial charge in [-0.05, 0) is 29.8 Å². The summed E-state index contributed by atoms with van der Waals surface area (Å²) in [5, 5.41) is 9.32. The Balaban J connectivity index is 1.86. The second kappa shape index (κ2) is 5.05. The van der Waals surface area contributed by atoms with Crippen LogP contribution in [0.1, 0.15) is 11.7 Å². The fourth-order valence-electron chi connectivity index (χ4n) is 2.03. The van der Waals surface area contributed by atoms with E-state index in [2.05, 4.69) is 0 Å². The number of rotatable bonds is 2. The third-order valence-electron chi connectivity index (χ3n) is 3.08. The van der Waals surface area contributed by atoms with Crippen LogP contribution >= 0.6 is 11.8 Å². The molecule has 0 aliphatic carbocycles. The molecule has 1 atom stereocenters. The molecule has 0 fully saturated rings. The molecule has 0 saturated heterocycles. The van der Waals surface area contributed by atoms with E-state index in [1.807, 2.05) is 30.3 Å². The van der Waals surface area contributed by atoms with Crippen molar-refractivity contribution in [3.8, 4) is 17.2 Å². The number of thioether (sulfide) groups is 1. The molecule has 4 heteroatoms. The van der Waals surface area contributed by atoms with Crippen LogP contribution in [0.25, 0.3) is 0 Å². The Morgan fingerprint density at radius 2 is 2.00 bits per heavy atom. The third kappa shape index (κ3) is 2.49. The average Bonchev–Trinajstić information content (AvgIpc) is 2.47. The van der Waals surface area contributed by atoms with E-state index in [4.69, 9.17) is 9.47 Å². The van der Waals surface area contributed by atoms with Gasteiger partial charge in [0.1, 0.15) is 23.4 Å². The Morgan fingerprint density at radius 3 is 2.74 bits per heavy atom. The molecule has 0 saturated carbocycles. The molecule has 1 aliphatic heterocycles. The lowest BCUT2D eigenvalue weighted by atomic mass is 10.1. The molecule has 1 aliphatic rings. The van der Waals surface area contributed by atoms with Gasteiger partial charge in [-0.1, -0.05) is 12.1 Å². The van der Waals surface area contributed by atoms with Crippen molar-refractivity contribution in [2.75, 3.05) is 12.9 Å². The van der Waals surface area contributed by atoms with Gasteiger partial charge in [-0.25, -0.2) is 0 Å². The second-order valence-electron chi connectivity index (χ2n) is 4.32. The predicted octanol–water partition coefficient (Wildman–Crippen LogP) is 3.63. The lowest BCUT2D eigenvalue weighted by Crippen LogP contribution is -2.14. The van der Waals surface area contributed by atoms with Gasteiger partial charge in [0.2, 0.25) is 0 Å². The van der Waals surface area contributed by atoms with Crippen LogP contribution in [-0.4, -0.2) is 18.0 Å². The van der Waals surface area contributed by atoms with E-state index < -0.39 is 0 Å². The summed E-state index contributed by atoms with van der Waals surface area (Å²) >= 11 is 1.77. The summed E-state index contributed by atoms with van der Waals surface area (Å²) in [6, 6.07) is 13.0. The molecule has 0 aromatic heterocycles. The Labute approximate surface area is 116 Å². The number of phenols is 1. The lowest BCUT2D eigenvalue weighted by Gasteiger charge is -2.26. The van der Waals surface area contributed by atoms with Crippen LogP contribution in [0.15, 0.2) is 47.4 Å². The van der Waals surface area contributed by atoms with Gasteiger partial charge in [0.05, 0.1) is 7.11 Å². The smallest absolute Gasteiger partial charge is 0.137 e. The van der Waals surface area contributed by atoms with Crippen LogP contribution in [0.2, 0.25) is 0 Å². The maximum atomic E-state index is 9.32. The maximum Gasteiger partial charge on any atom is 0.137 e. The molecule has 0 spiro atoms. The Kier molecular flexibility index (Phi) is 3.25. The van der Waals surface area contributed by atoms with Gasteiger partial charge in [0.25, 0.3) is 0 Å². The van der Waals surface area contributed by atoms with Crippen molar-refractivity contribution in [1.29, 1.82) is 0 Å². The number of fused-ring (bicyclic) bond motifs is 1. The first-order chi connectivity index (χ1) is 9.26. The first-order valence-corrected chi connectivity index (χ1v) is 7.01. The number of aromatic hydroxyl groups is 1. The van der Waals surface area contributed by atoms with Crippen molar-refractivity contribution >= 4 is 11.8 Å². The van der Waals surface area contributed by atoms with Crippen LogP contribution in [-0.2, 0) is 0 Å². The number of methoxy groups -OCH3 is 1. The molecule has 0 amide bonds. The number of hydrogen-bond acceptors (Lipinski definition) is 4. The minimum Gasteiger partial charge on any atom is -0.508 e. The minimum absolute atomic E-state index is 0.00482. The van der Waals surface area contributed by atoms with Crippen LogP contribution in [0.5, 0.6) is 17.2 Å². The van der Waals surface area contributed by atoms with Crippen molar-refractivity contribution in [2.24, 2.45) is 0 Å². The van der Waals surface area contributed by atoms with Crippen molar-refractivity contribution in [3.05, 3.63) is 48.0 Å². The molecule has 1 unspecified atom stereocenters. The number of benzene rings is 2. The number of hydrogen-bond donors (Lipinski definition) is 1. The topological polar surface area (TPSA) is 38.7 Å². The normalized spacial score (nSPS) is 17.4. The van der Waals surface area contributed by atoms with Gasteiger partial charge < -0.3 is 14.6 Å². The highest BCUT2D eigenvalue weighted by Gasteiger charge is 2.22. The molecule has 0 bridgehead atoms. The molecule has 2 aromatic rings. The Morgan fingerprint density at radius 1 is 1.21 bits per heavy atom. The van der Waals surface area contributed by atoms with E-state index in [0.29, 0.717) is 0 Å². The van der Waals surface area contributed by atoms with Gasteiger partial charge in [-0.2, -0.15) is 0 Å². The van der Waals surface area contributed by atoms with E-state index in [9.17, 15) is 5.11 Å². The summed E-state index contributed by atoms with van der Waals surface area (Å²) in [5.41, 5.74) is 1.07. The zero-order chi connectivity index (χ0) is 13.2. The molecule has 3 nitrogen and oxygen atoms in total. The second-order valence-corrected chi connectivity index (χ2v) is 5.38. The summed E-state index contributed by atoms with van der Waals surface area (Å²) < 4.78 is 11.2. The van der Waals surface area contributed by atoms with Gasteiger partial charge in [-0.15, -0.1) is 11.8 Å². The van der Waals surface area contributed by atoms with Gasteiger partial charge in [-0.3, -0.25) is 0 Å². The maximum absolute atomic E-state index is 9.32. The number of phenolic OH excluding ortho intramolecular Hbond substituents is 1. The molecule has 19 heavy (non-hydrogen) atoms. The van der Waals surface area contributed by atoms with E-state index in [-0.39, 0.29) is 11.9 Å². The van der Waals surface area contributed by atoms with Crippen LogP contribution in [0.4, 0.5) is 0 Å². The third-order valence-corrected chi connectivity index (χ3v) is 4.19. The van der Waals surface area contributed by atoms with E-state index in [1.54, 1.807) is 31.0 Å². The molecule has 1 N–H and O–H groups in total. The minimum atomic E-state index is 0.00482. The molecular weight excluding hydrogens is 260 g/mol. The Hall–Kier alpha value is -1.81. The molecular formula is C15H14O3S. The van der Waals surface area contributed by atoms with E-state index in [0.717, 1.165) is 27.7 Å². The molecule has 3 rings (SSSR count). The monoisotopic (exact) mass is 274 g/mol. The van der Waals surface area contributed by atoms with Crippen LogP contribution < -0.4 is 9.47 Å². The highest BCUT2D eigenvalue weighted by atomic mass is 32.2. The largest absolute Gasteiger partial charge is 0.508 e. The summed E-state index contributed by atoms with van der Waals surface area (Å²) in [7, 11) is 1.65. The van der Waals surface area contributed by atoms with E-state index in [1.165, 1.54) is 0 Å². The summed E-state index contributed by atoms with van der Waals surface area (Å²) in [6.45, 7) is 0. The molecule has 1 heterocycles. The van der Waals surface area contributed by atoms with Gasteiger partial charge >= 0.3 is 0 Å². The van der Waals surface area contributed by atoms with Gasteiger partial charge in [0.15, 0.2) is 0 Å². The summed E-state index contributed by atoms with van der Waals surface area (Å²) in [6.07, 6.45) is 0.00482. The fourth-order valence-corrected chi connectivity index (χ4v) is 3.04. The lowest BCUT2D eigenvalue weighted by molar-refractivity contribution is 0.219. The zero-order valence-electron chi connectivity index (χ0n) is 10.5. The highest BCUT2D eigenvalue weighted by molar-refractivity contribution is 7.99. The highest BCUT2D eigenvalue weighted by Crippen LogP contribution is 2.42. The SMILES string of the molecule is COc1ccc2c(c1)OC(c1ccc(O)cc1)CS2. The summed E-state index contributed by atoms with van der Waals surface area (Å²) in [5.74, 6) is 2.79. The zero-order valence-corrected chi connectivity index (χ0v) is 11.3. The molecule has 0 radical (unpaired) electrons. The van der Waals surface area contributed by atoms with Crippen LogP contribution in [0, 0.1) is 0 Å². The van der Waals surface area contributed by atoms with Crippen molar-refractivity contribution in [2.45, 2.75) is 11.0 Å². The number of ether oxygens (including phenoxy) is 2. The quantitative estimate of drug-likeness (QED) is 0.907. The Bertz CT molecular complexity index is 580. The summed E-state index contributed by atoms with van der Waals surface area (Å²) in [4.78, 5) is 1.14. The first kappa shape index (κ1) is 12.2.